The van der Waals surface area contributed by atoms with E-state index in [1.54, 1.807) is 0 Å². The first-order valence-corrected chi connectivity index (χ1v) is 7.38. The van der Waals surface area contributed by atoms with Crippen LogP contribution >= 0.6 is 15.9 Å². The SMILES string of the molecule is Cc1ccc2nc3c(c(CBr)c2c1)CCCC3. The van der Waals surface area contributed by atoms with Gasteiger partial charge < -0.3 is 0 Å². The van der Waals surface area contributed by atoms with Gasteiger partial charge in [0.05, 0.1) is 5.52 Å². The van der Waals surface area contributed by atoms with Crippen molar-refractivity contribution in [2.45, 2.75) is 37.9 Å². The Bertz CT molecular complexity index is 575. The molecule has 1 aliphatic carbocycles. The molecule has 1 aliphatic rings. The van der Waals surface area contributed by atoms with E-state index in [-0.39, 0.29) is 0 Å². The lowest BCUT2D eigenvalue weighted by Crippen LogP contribution is -2.09. The molecular weight excluding hydrogens is 274 g/mol. The zero-order valence-corrected chi connectivity index (χ0v) is 11.7. The van der Waals surface area contributed by atoms with Crippen molar-refractivity contribution in [3.05, 3.63) is 40.6 Å². The van der Waals surface area contributed by atoms with Gasteiger partial charge in [0, 0.05) is 16.4 Å². The lowest BCUT2D eigenvalue weighted by atomic mass is 9.90. The van der Waals surface area contributed by atoms with Gasteiger partial charge in [0.1, 0.15) is 0 Å². The smallest absolute Gasteiger partial charge is 0.0708 e. The first-order chi connectivity index (χ1) is 8.29. The van der Waals surface area contributed by atoms with Gasteiger partial charge >= 0.3 is 0 Å². The van der Waals surface area contributed by atoms with Crippen molar-refractivity contribution < 1.29 is 0 Å². The van der Waals surface area contributed by atoms with Gasteiger partial charge in [0.15, 0.2) is 0 Å². The molecule has 0 unspecified atom stereocenters. The van der Waals surface area contributed by atoms with E-state index in [9.17, 15) is 0 Å². The van der Waals surface area contributed by atoms with E-state index in [0.29, 0.717) is 0 Å². The van der Waals surface area contributed by atoms with E-state index in [0.717, 1.165) is 17.3 Å². The highest BCUT2D eigenvalue weighted by molar-refractivity contribution is 9.08. The highest BCUT2D eigenvalue weighted by Crippen LogP contribution is 2.31. The minimum absolute atomic E-state index is 0.942. The molecule has 0 saturated heterocycles. The van der Waals surface area contributed by atoms with Crippen molar-refractivity contribution in [3.63, 3.8) is 0 Å². The fourth-order valence-corrected chi connectivity index (χ4v) is 3.43. The monoisotopic (exact) mass is 289 g/mol. The van der Waals surface area contributed by atoms with Crippen LogP contribution in [0.2, 0.25) is 0 Å². The number of aryl methyl sites for hydroxylation is 2. The normalized spacial score (nSPS) is 14.9. The fraction of sp³-hybridized carbons (Fsp3) is 0.400. The van der Waals surface area contributed by atoms with Gasteiger partial charge in [-0.05, 0) is 55.9 Å². The summed E-state index contributed by atoms with van der Waals surface area (Å²) >= 11 is 3.65. The third kappa shape index (κ3) is 1.89. The maximum absolute atomic E-state index is 4.84. The molecule has 0 fully saturated rings. The number of fused-ring (bicyclic) bond motifs is 2. The molecule has 2 aromatic rings. The van der Waals surface area contributed by atoms with E-state index >= 15 is 0 Å². The molecular formula is C15H16BrN. The molecule has 1 heterocycles. The van der Waals surface area contributed by atoms with Crippen molar-refractivity contribution >= 4 is 26.8 Å². The number of aromatic nitrogens is 1. The Hall–Kier alpha value is -0.890. The molecule has 88 valence electrons. The van der Waals surface area contributed by atoms with E-state index < -0.39 is 0 Å². The molecule has 0 N–H and O–H groups in total. The number of rotatable bonds is 1. The highest BCUT2D eigenvalue weighted by atomic mass is 79.9. The minimum atomic E-state index is 0.942. The lowest BCUT2D eigenvalue weighted by Gasteiger charge is -2.20. The maximum Gasteiger partial charge on any atom is 0.0708 e. The van der Waals surface area contributed by atoms with Crippen LogP contribution in [-0.4, -0.2) is 4.98 Å². The van der Waals surface area contributed by atoms with Gasteiger partial charge in [-0.15, -0.1) is 0 Å². The minimum Gasteiger partial charge on any atom is -0.253 e. The van der Waals surface area contributed by atoms with Crippen LogP contribution in [0, 0.1) is 6.92 Å². The zero-order valence-electron chi connectivity index (χ0n) is 10.1. The Balaban J connectivity index is 2.35. The average molecular weight is 290 g/mol. The second kappa shape index (κ2) is 4.41. The number of alkyl halides is 1. The summed E-state index contributed by atoms with van der Waals surface area (Å²) in [6.45, 7) is 2.15. The van der Waals surface area contributed by atoms with Crippen LogP contribution in [0.15, 0.2) is 18.2 Å². The summed E-state index contributed by atoms with van der Waals surface area (Å²) in [6.07, 6.45) is 4.96. The van der Waals surface area contributed by atoms with Crippen molar-refractivity contribution in [2.24, 2.45) is 0 Å². The van der Waals surface area contributed by atoms with Gasteiger partial charge in [0.25, 0.3) is 0 Å². The number of hydrogen-bond donors (Lipinski definition) is 0. The van der Waals surface area contributed by atoms with E-state index in [2.05, 4.69) is 41.1 Å². The second-order valence-electron chi connectivity index (χ2n) is 4.88. The van der Waals surface area contributed by atoms with Crippen molar-refractivity contribution in [3.8, 4) is 0 Å². The molecule has 1 nitrogen and oxygen atoms in total. The van der Waals surface area contributed by atoms with Crippen molar-refractivity contribution in [2.75, 3.05) is 0 Å². The Morgan fingerprint density at radius 1 is 1.24 bits per heavy atom. The van der Waals surface area contributed by atoms with Crippen LogP contribution in [0.1, 0.15) is 35.2 Å². The molecule has 1 aromatic heterocycles. The molecule has 17 heavy (non-hydrogen) atoms. The summed E-state index contributed by atoms with van der Waals surface area (Å²) in [4.78, 5) is 4.84. The van der Waals surface area contributed by atoms with Crippen LogP contribution in [0.5, 0.6) is 0 Å². The number of pyridine rings is 1. The van der Waals surface area contributed by atoms with Crippen molar-refractivity contribution in [1.82, 2.24) is 4.98 Å². The predicted molar refractivity (Wildman–Crippen MR) is 75.8 cm³/mol. The van der Waals surface area contributed by atoms with Gasteiger partial charge in [0.2, 0.25) is 0 Å². The molecule has 2 heteroatoms. The zero-order chi connectivity index (χ0) is 11.8. The third-order valence-electron chi connectivity index (χ3n) is 3.67. The fourth-order valence-electron chi connectivity index (χ4n) is 2.79. The number of benzene rings is 1. The second-order valence-corrected chi connectivity index (χ2v) is 5.44. The summed E-state index contributed by atoms with van der Waals surface area (Å²) < 4.78 is 0. The Labute approximate surface area is 110 Å². The van der Waals surface area contributed by atoms with Crippen LogP contribution < -0.4 is 0 Å². The molecule has 0 aliphatic heterocycles. The van der Waals surface area contributed by atoms with E-state index in [1.807, 2.05) is 0 Å². The standard InChI is InChI=1S/C15H16BrN/c1-10-6-7-15-12(8-10)13(9-16)11-4-2-3-5-14(11)17-15/h6-8H,2-5,9H2,1H3. The van der Waals surface area contributed by atoms with Crippen LogP contribution in [0.25, 0.3) is 10.9 Å². The summed E-state index contributed by atoms with van der Waals surface area (Å²) in [6, 6.07) is 6.59. The molecule has 0 saturated carbocycles. The molecule has 0 amide bonds. The first-order valence-electron chi connectivity index (χ1n) is 6.26. The Morgan fingerprint density at radius 2 is 2.06 bits per heavy atom. The van der Waals surface area contributed by atoms with Gasteiger partial charge in [-0.2, -0.15) is 0 Å². The molecule has 1 aromatic carbocycles. The summed E-state index contributed by atoms with van der Waals surface area (Å²) in [5.41, 5.74) is 6.78. The maximum atomic E-state index is 4.84. The number of hydrogen-bond acceptors (Lipinski definition) is 1. The largest absolute Gasteiger partial charge is 0.253 e. The Morgan fingerprint density at radius 3 is 2.88 bits per heavy atom. The highest BCUT2D eigenvalue weighted by Gasteiger charge is 2.17. The van der Waals surface area contributed by atoms with Crippen molar-refractivity contribution in [1.29, 1.82) is 0 Å². The first kappa shape index (κ1) is 11.2. The van der Waals surface area contributed by atoms with Crippen LogP contribution in [0.4, 0.5) is 0 Å². The number of halogens is 1. The van der Waals surface area contributed by atoms with Gasteiger partial charge in [-0.3, -0.25) is 4.98 Å². The Kier molecular flexibility index (Phi) is 2.91. The summed E-state index contributed by atoms with van der Waals surface area (Å²) in [5, 5.41) is 2.28. The lowest BCUT2D eigenvalue weighted by molar-refractivity contribution is 0.667. The van der Waals surface area contributed by atoms with E-state index in [1.165, 1.54) is 47.0 Å². The van der Waals surface area contributed by atoms with Gasteiger partial charge in [-0.1, -0.05) is 27.6 Å². The summed E-state index contributed by atoms with van der Waals surface area (Å²) in [7, 11) is 0. The van der Waals surface area contributed by atoms with Crippen LogP contribution in [-0.2, 0) is 18.2 Å². The topological polar surface area (TPSA) is 12.9 Å². The molecule has 0 spiro atoms. The molecule has 0 bridgehead atoms. The third-order valence-corrected chi connectivity index (χ3v) is 4.23. The predicted octanol–water partition coefficient (Wildman–Crippen LogP) is 4.32. The van der Waals surface area contributed by atoms with Gasteiger partial charge in [-0.25, -0.2) is 0 Å². The molecule has 3 rings (SSSR count). The molecule has 0 radical (unpaired) electrons. The number of nitrogens with zero attached hydrogens (tertiary/aromatic N) is 1. The summed E-state index contributed by atoms with van der Waals surface area (Å²) in [5.74, 6) is 0. The van der Waals surface area contributed by atoms with E-state index in [4.69, 9.17) is 4.98 Å². The molecule has 0 atom stereocenters. The average Bonchev–Trinajstić information content (AvgIpc) is 2.36. The van der Waals surface area contributed by atoms with Crippen LogP contribution in [0.3, 0.4) is 0 Å². The quantitative estimate of drug-likeness (QED) is 0.713.